The normalized spacial score (nSPS) is 16.5. The number of nitrogens with one attached hydrogen (secondary N) is 1. The maximum absolute atomic E-state index is 14.0. The Bertz CT molecular complexity index is 1440. The molecule has 0 saturated heterocycles. The van der Waals surface area contributed by atoms with Crippen LogP contribution in [0.25, 0.3) is 0 Å². The van der Waals surface area contributed by atoms with Crippen LogP contribution in [0.2, 0.25) is 0 Å². The van der Waals surface area contributed by atoms with Crippen LogP contribution in [0.3, 0.4) is 0 Å². The highest BCUT2D eigenvalue weighted by atomic mass is 19.1. The van der Waals surface area contributed by atoms with Crippen molar-refractivity contribution in [3.63, 3.8) is 0 Å². The summed E-state index contributed by atoms with van der Waals surface area (Å²) in [5, 5.41) is 3.01. The number of carbonyl (C=O) groups is 2. The molecule has 192 valence electrons. The lowest BCUT2D eigenvalue weighted by Crippen LogP contribution is -2.47. The molecule has 1 aliphatic heterocycles. The van der Waals surface area contributed by atoms with Gasteiger partial charge in [-0.2, -0.15) is 0 Å². The average molecular weight is 511 g/mol. The van der Waals surface area contributed by atoms with Gasteiger partial charge in [-0.25, -0.2) is 4.39 Å². The molecule has 1 N–H and O–H groups in total. The van der Waals surface area contributed by atoms with E-state index < -0.39 is 12.0 Å². The molecular formula is C31H27FN2O4. The number of amides is 2. The van der Waals surface area contributed by atoms with E-state index in [4.69, 9.17) is 9.47 Å². The molecule has 4 aromatic rings. The van der Waals surface area contributed by atoms with Gasteiger partial charge in [-0.15, -0.1) is 0 Å². The number of anilines is 1. The minimum atomic E-state index is -0.708. The quantitative estimate of drug-likeness (QED) is 0.349. The number of carbonyl (C=O) groups excluding carboxylic acids is 2. The van der Waals surface area contributed by atoms with E-state index in [-0.39, 0.29) is 24.2 Å². The molecule has 4 aromatic carbocycles. The Kier molecular flexibility index (Phi) is 7.09. The van der Waals surface area contributed by atoms with Gasteiger partial charge in [0.25, 0.3) is 5.91 Å². The number of halogens is 1. The minimum absolute atomic E-state index is 0.200. The first-order chi connectivity index (χ1) is 18.5. The highest BCUT2D eigenvalue weighted by Gasteiger charge is 2.44. The Morgan fingerprint density at radius 1 is 0.842 bits per heavy atom. The van der Waals surface area contributed by atoms with Gasteiger partial charge >= 0.3 is 0 Å². The van der Waals surface area contributed by atoms with Crippen molar-refractivity contribution < 1.29 is 23.5 Å². The highest BCUT2D eigenvalue weighted by molar-refractivity contribution is 6.11. The summed E-state index contributed by atoms with van der Waals surface area (Å²) in [6.07, 6.45) is 0. The van der Waals surface area contributed by atoms with E-state index in [0.29, 0.717) is 28.3 Å². The summed E-state index contributed by atoms with van der Waals surface area (Å²) in [4.78, 5) is 29.6. The Labute approximate surface area is 220 Å². The third kappa shape index (κ3) is 4.83. The standard InChI is InChI=1S/C31H27FN2O4/c1-37-24-15-9-21(10-16-24)29-28(30(35)33-19-20-7-11-22(32)12-8-20)26-5-3-4-6-27(26)31(36)34(29)23-13-17-25(38-2)18-14-23/h3-18,28-29H,19H2,1-2H3,(H,33,35)/t28-,29+/m0/s1. The second-order valence-corrected chi connectivity index (χ2v) is 9.00. The summed E-state index contributed by atoms with van der Waals surface area (Å²) in [7, 11) is 3.17. The Morgan fingerprint density at radius 3 is 2.08 bits per heavy atom. The molecule has 38 heavy (non-hydrogen) atoms. The molecule has 2 amide bonds. The number of hydrogen-bond acceptors (Lipinski definition) is 4. The molecule has 5 rings (SSSR count). The molecule has 0 bridgehead atoms. The molecular weight excluding hydrogens is 483 g/mol. The van der Waals surface area contributed by atoms with Crippen molar-refractivity contribution in [2.45, 2.75) is 18.5 Å². The van der Waals surface area contributed by atoms with Gasteiger partial charge in [-0.1, -0.05) is 42.5 Å². The number of methoxy groups -OCH3 is 2. The summed E-state index contributed by atoms with van der Waals surface area (Å²) in [5.41, 5.74) is 3.32. The predicted octanol–water partition coefficient (Wildman–Crippen LogP) is 5.64. The van der Waals surface area contributed by atoms with Gasteiger partial charge in [0, 0.05) is 17.8 Å². The van der Waals surface area contributed by atoms with Crippen LogP contribution in [0.5, 0.6) is 11.5 Å². The fraction of sp³-hybridized carbons (Fsp3) is 0.161. The fourth-order valence-electron chi connectivity index (χ4n) is 4.89. The summed E-state index contributed by atoms with van der Waals surface area (Å²) in [6.45, 7) is 0.226. The number of hydrogen-bond donors (Lipinski definition) is 1. The zero-order valence-corrected chi connectivity index (χ0v) is 21.1. The second-order valence-electron chi connectivity index (χ2n) is 9.00. The van der Waals surface area contributed by atoms with Gasteiger partial charge in [-0.05, 0) is 71.3 Å². The number of benzene rings is 4. The molecule has 7 heteroatoms. The average Bonchev–Trinajstić information content (AvgIpc) is 2.97. The van der Waals surface area contributed by atoms with Crippen LogP contribution in [-0.2, 0) is 11.3 Å². The molecule has 0 aromatic heterocycles. The van der Waals surface area contributed by atoms with Crippen molar-refractivity contribution in [1.29, 1.82) is 0 Å². The van der Waals surface area contributed by atoms with Gasteiger partial charge in [-0.3, -0.25) is 14.5 Å². The smallest absolute Gasteiger partial charge is 0.259 e. The lowest BCUT2D eigenvalue weighted by atomic mass is 9.78. The molecule has 2 atom stereocenters. The summed E-state index contributed by atoms with van der Waals surface area (Å²) in [6, 6.07) is 27.2. The zero-order valence-electron chi connectivity index (χ0n) is 21.1. The van der Waals surface area contributed by atoms with E-state index in [9.17, 15) is 14.0 Å². The highest BCUT2D eigenvalue weighted by Crippen LogP contribution is 2.45. The lowest BCUT2D eigenvalue weighted by molar-refractivity contribution is -0.123. The van der Waals surface area contributed by atoms with Crippen LogP contribution in [0.4, 0.5) is 10.1 Å². The molecule has 6 nitrogen and oxygen atoms in total. The predicted molar refractivity (Wildman–Crippen MR) is 143 cm³/mol. The number of fused-ring (bicyclic) bond motifs is 1. The van der Waals surface area contributed by atoms with Gasteiger partial charge < -0.3 is 14.8 Å². The molecule has 0 aliphatic carbocycles. The van der Waals surface area contributed by atoms with E-state index >= 15 is 0 Å². The lowest BCUT2D eigenvalue weighted by Gasteiger charge is -2.42. The first-order valence-corrected chi connectivity index (χ1v) is 12.2. The molecule has 1 aliphatic rings. The molecule has 0 spiro atoms. The van der Waals surface area contributed by atoms with Crippen LogP contribution in [0, 0.1) is 5.82 Å². The van der Waals surface area contributed by atoms with E-state index in [2.05, 4.69) is 5.32 Å². The molecule has 0 fully saturated rings. The van der Waals surface area contributed by atoms with Gasteiger partial charge in [0.1, 0.15) is 17.3 Å². The third-order valence-electron chi connectivity index (χ3n) is 6.81. The van der Waals surface area contributed by atoms with E-state index in [1.165, 1.54) is 12.1 Å². The monoisotopic (exact) mass is 510 g/mol. The second kappa shape index (κ2) is 10.8. The van der Waals surface area contributed by atoms with E-state index in [1.54, 1.807) is 55.5 Å². The van der Waals surface area contributed by atoms with Crippen molar-refractivity contribution in [2.24, 2.45) is 0 Å². The maximum atomic E-state index is 14.0. The Hall–Kier alpha value is -4.65. The van der Waals surface area contributed by atoms with E-state index in [1.807, 2.05) is 48.5 Å². The van der Waals surface area contributed by atoms with Crippen molar-refractivity contribution >= 4 is 17.5 Å². The summed E-state index contributed by atoms with van der Waals surface area (Å²) < 4.78 is 24.0. The van der Waals surface area contributed by atoms with Crippen LogP contribution in [-0.4, -0.2) is 26.0 Å². The van der Waals surface area contributed by atoms with Crippen molar-refractivity contribution in [2.75, 3.05) is 19.1 Å². The van der Waals surface area contributed by atoms with E-state index in [0.717, 1.165) is 11.1 Å². The summed E-state index contributed by atoms with van der Waals surface area (Å²) >= 11 is 0. The number of nitrogens with zero attached hydrogens (tertiary/aromatic N) is 1. The Morgan fingerprint density at radius 2 is 1.45 bits per heavy atom. The molecule has 0 radical (unpaired) electrons. The van der Waals surface area contributed by atoms with Crippen LogP contribution in [0.15, 0.2) is 97.1 Å². The molecule has 0 saturated carbocycles. The van der Waals surface area contributed by atoms with Crippen LogP contribution in [0.1, 0.15) is 39.0 Å². The molecule has 0 unspecified atom stereocenters. The van der Waals surface area contributed by atoms with Crippen molar-refractivity contribution in [3.05, 3.63) is 125 Å². The minimum Gasteiger partial charge on any atom is -0.497 e. The number of ether oxygens (including phenoxy) is 2. The topological polar surface area (TPSA) is 67.9 Å². The first-order valence-electron chi connectivity index (χ1n) is 12.2. The SMILES string of the molecule is COc1ccc([C@@H]2[C@@H](C(=O)NCc3ccc(F)cc3)c3ccccc3C(=O)N2c2ccc(OC)cc2)cc1. The maximum Gasteiger partial charge on any atom is 0.259 e. The van der Waals surface area contributed by atoms with Crippen molar-refractivity contribution in [3.8, 4) is 11.5 Å². The van der Waals surface area contributed by atoms with Crippen LogP contribution < -0.4 is 19.7 Å². The van der Waals surface area contributed by atoms with Gasteiger partial charge in [0.05, 0.1) is 26.2 Å². The summed E-state index contributed by atoms with van der Waals surface area (Å²) in [5.74, 6) is -0.157. The first kappa shape index (κ1) is 25.0. The van der Waals surface area contributed by atoms with Gasteiger partial charge in [0.2, 0.25) is 5.91 Å². The Balaban J connectivity index is 1.61. The number of rotatable bonds is 7. The van der Waals surface area contributed by atoms with Crippen LogP contribution >= 0.6 is 0 Å². The zero-order chi connectivity index (χ0) is 26.6. The largest absolute Gasteiger partial charge is 0.497 e. The van der Waals surface area contributed by atoms with Gasteiger partial charge in [0.15, 0.2) is 0 Å². The fourth-order valence-corrected chi connectivity index (χ4v) is 4.89. The van der Waals surface area contributed by atoms with Crippen molar-refractivity contribution in [1.82, 2.24) is 5.32 Å². The third-order valence-corrected chi connectivity index (χ3v) is 6.81. The molecule has 1 heterocycles.